The normalized spacial score (nSPS) is 14.0. The zero-order valence-electron chi connectivity index (χ0n) is 49.3. The first-order chi connectivity index (χ1) is 36.5. The zero-order chi connectivity index (χ0) is 53.7. The lowest BCUT2D eigenvalue weighted by Crippen LogP contribution is -2.53. The van der Waals surface area contributed by atoms with E-state index in [9.17, 15) is 25.2 Å². The minimum atomic E-state index is -1.30. The lowest BCUT2D eigenvalue weighted by molar-refractivity contribution is -0.132. The molecule has 0 aromatic heterocycles. The predicted molar refractivity (Wildman–Crippen MR) is 325 cm³/mol. The van der Waals surface area contributed by atoms with Crippen molar-refractivity contribution in [3.05, 3.63) is 60.8 Å². The standard InChI is InChI=1S/C68H127NO5/c1-3-5-7-9-11-13-15-17-19-21-23-25-27-29-31-32-33-34-35-36-38-39-41-43-45-47-49-51-53-55-57-59-61-65(71)67(73)64(63-70)69-68(74)66(72)62-60-58-56-54-52-50-48-46-44-42-40-37-30-28-26-24-22-20-18-16-14-12-10-8-6-4-2/h24,26,30,37-39,45,47,53,55,64-67,70-73H,3-23,25,27-29,31-36,40-44,46,48-52,54,56-63H2,1-2H3,(H,69,74)/b26-24-,37-30-,39-38+,47-45+,55-53+. The van der Waals surface area contributed by atoms with Crippen molar-refractivity contribution >= 4 is 5.91 Å². The van der Waals surface area contributed by atoms with Crippen molar-refractivity contribution < 1.29 is 25.2 Å². The second-order valence-electron chi connectivity index (χ2n) is 22.4. The molecule has 0 spiro atoms. The number of rotatable bonds is 60. The number of carbonyl (C=O) groups is 1. The van der Waals surface area contributed by atoms with Crippen molar-refractivity contribution in [3.63, 3.8) is 0 Å². The first-order valence-electron chi connectivity index (χ1n) is 32.7. The summed E-state index contributed by atoms with van der Waals surface area (Å²) in [4.78, 5) is 12.6. The van der Waals surface area contributed by atoms with E-state index in [0.717, 1.165) is 57.8 Å². The fourth-order valence-electron chi connectivity index (χ4n) is 10.1. The molecule has 74 heavy (non-hydrogen) atoms. The summed E-state index contributed by atoms with van der Waals surface area (Å²) in [6.45, 7) is 4.07. The molecule has 0 aliphatic rings. The van der Waals surface area contributed by atoms with E-state index in [0.29, 0.717) is 19.3 Å². The first-order valence-corrected chi connectivity index (χ1v) is 32.7. The number of amides is 1. The highest BCUT2D eigenvalue weighted by molar-refractivity contribution is 5.80. The van der Waals surface area contributed by atoms with E-state index in [1.807, 2.05) is 0 Å². The molecule has 6 heteroatoms. The molecule has 6 nitrogen and oxygen atoms in total. The fourth-order valence-corrected chi connectivity index (χ4v) is 10.1. The van der Waals surface area contributed by atoms with Crippen LogP contribution in [0.1, 0.15) is 335 Å². The summed E-state index contributed by atoms with van der Waals surface area (Å²) in [5, 5.41) is 44.1. The van der Waals surface area contributed by atoms with Crippen LogP contribution < -0.4 is 5.32 Å². The molecule has 1 amide bonds. The van der Waals surface area contributed by atoms with E-state index in [-0.39, 0.29) is 0 Å². The number of unbranched alkanes of at least 4 members (excludes halogenated alkanes) is 41. The van der Waals surface area contributed by atoms with Gasteiger partial charge in [0.1, 0.15) is 12.2 Å². The van der Waals surface area contributed by atoms with Crippen molar-refractivity contribution in [2.24, 2.45) is 0 Å². The molecule has 5 N–H and O–H groups in total. The van der Waals surface area contributed by atoms with Crippen LogP contribution in [0.3, 0.4) is 0 Å². The zero-order valence-corrected chi connectivity index (χ0v) is 49.3. The molecule has 0 bridgehead atoms. The van der Waals surface area contributed by atoms with Crippen LogP contribution in [-0.4, -0.2) is 57.3 Å². The van der Waals surface area contributed by atoms with E-state index >= 15 is 0 Å². The summed E-state index contributed by atoms with van der Waals surface area (Å²) in [5.41, 5.74) is 0. The summed E-state index contributed by atoms with van der Waals surface area (Å²) in [7, 11) is 0. The lowest BCUT2D eigenvalue weighted by atomic mass is 10.00. The van der Waals surface area contributed by atoms with Gasteiger partial charge < -0.3 is 25.7 Å². The number of hydrogen-bond donors (Lipinski definition) is 5. The molecular formula is C68H127NO5. The van der Waals surface area contributed by atoms with Crippen LogP contribution in [0.4, 0.5) is 0 Å². The Morgan fingerprint density at radius 2 is 0.608 bits per heavy atom. The van der Waals surface area contributed by atoms with Gasteiger partial charge in [-0.15, -0.1) is 0 Å². The Labute approximate surface area is 461 Å². The van der Waals surface area contributed by atoms with Crippen molar-refractivity contribution in [2.75, 3.05) is 6.61 Å². The Morgan fingerprint density at radius 1 is 0.338 bits per heavy atom. The molecule has 4 unspecified atom stereocenters. The minimum absolute atomic E-state index is 0.353. The molecule has 0 saturated heterocycles. The molecule has 434 valence electrons. The van der Waals surface area contributed by atoms with Crippen LogP contribution in [0.5, 0.6) is 0 Å². The molecule has 0 fully saturated rings. The molecule has 0 aliphatic carbocycles. The highest BCUT2D eigenvalue weighted by Crippen LogP contribution is 2.18. The second kappa shape index (κ2) is 61.9. The third-order valence-corrected chi connectivity index (χ3v) is 15.2. The maximum absolute atomic E-state index is 12.6. The van der Waals surface area contributed by atoms with Crippen LogP contribution in [0.25, 0.3) is 0 Å². The molecule has 0 aliphatic heterocycles. The number of aliphatic hydroxyl groups is 4. The van der Waals surface area contributed by atoms with Gasteiger partial charge in [-0.05, 0) is 96.3 Å². The number of carbonyl (C=O) groups excluding carboxylic acids is 1. The molecule has 0 aromatic rings. The summed E-state index contributed by atoms with van der Waals surface area (Å²) >= 11 is 0. The van der Waals surface area contributed by atoms with Crippen LogP contribution in [0.15, 0.2) is 60.8 Å². The number of aliphatic hydroxyl groups excluding tert-OH is 4. The lowest BCUT2D eigenvalue weighted by Gasteiger charge is -2.27. The van der Waals surface area contributed by atoms with Gasteiger partial charge in [-0.1, -0.05) is 299 Å². The van der Waals surface area contributed by atoms with Gasteiger partial charge in [0.25, 0.3) is 0 Å². The smallest absolute Gasteiger partial charge is 0.249 e. The van der Waals surface area contributed by atoms with Gasteiger partial charge in [-0.25, -0.2) is 0 Å². The van der Waals surface area contributed by atoms with Crippen molar-refractivity contribution in [3.8, 4) is 0 Å². The van der Waals surface area contributed by atoms with Crippen molar-refractivity contribution in [1.29, 1.82) is 0 Å². The summed E-state index contributed by atoms with van der Waals surface area (Å²) in [6, 6.07) is -1.02. The highest BCUT2D eigenvalue weighted by atomic mass is 16.3. The van der Waals surface area contributed by atoms with E-state index in [1.54, 1.807) is 0 Å². The van der Waals surface area contributed by atoms with Crippen molar-refractivity contribution in [2.45, 2.75) is 359 Å². The molecule has 0 saturated carbocycles. The average molecular weight is 1040 g/mol. The summed E-state index contributed by atoms with van der Waals surface area (Å²) in [5.74, 6) is -0.600. The van der Waals surface area contributed by atoms with Gasteiger partial charge >= 0.3 is 0 Å². The maximum atomic E-state index is 12.6. The molecule has 0 radical (unpaired) electrons. The Bertz CT molecular complexity index is 1260. The predicted octanol–water partition coefficient (Wildman–Crippen LogP) is 19.9. The largest absolute Gasteiger partial charge is 0.394 e. The van der Waals surface area contributed by atoms with E-state index in [2.05, 4.69) is 79.9 Å². The first kappa shape index (κ1) is 72.0. The van der Waals surface area contributed by atoms with E-state index < -0.39 is 36.9 Å². The van der Waals surface area contributed by atoms with E-state index in [4.69, 9.17) is 0 Å². The van der Waals surface area contributed by atoms with Gasteiger partial charge in [0.05, 0.1) is 18.8 Å². The SMILES string of the molecule is CCCCCCCCCCC/C=C\C/C=C\CCCCCCCCCCCCC(O)C(=O)NC(CO)C(O)C(O)CCC/C=C/CC/C=C/CC/C=C/CCCCCCCCCCCCCCCCCCCCC. The molecule has 4 atom stereocenters. The van der Waals surface area contributed by atoms with Gasteiger partial charge in [-0.2, -0.15) is 0 Å². The van der Waals surface area contributed by atoms with E-state index in [1.165, 1.54) is 244 Å². The molecule has 0 heterocycles. The van der Waals surface area contributed by atoms with Crippen molar-refractivity contribution in [1.82, 2.24) is 5.32 Å². The number of nitrogens with one attached hydrogen (secondary N) is 1. The maximum Gasteiger partial charge on any atom is 0.249 e. The third-order valence-electron chi connectivity index (χ3n) is 15.2. The molecule has 0 rings (SSSR count). The molecular weight excluding hydrogens is 911 g/mol. The monoisotopic (exact) mass is 1040 g/mol. The second-order valence-corrected chi connectivity index (χ2v) is 22.4. The Balaban J connectivity index is 3.67. The topological polar surface area (TPSA) is 110 Å². The van der Waals surface area contributed by atoms with Crippen LogP contribution in [0.2, 0.25) is 0 Å². The molecule has 0 aromatic carbocycles. The van der Waals surface area contributed by atoms with Gasteiger partial charge in [0.15, 0.2) is 0 Å². The number of allylic oxidation sites excluding steroid dienone is 10. The van der Waals surface area contributed by atoms with Crippen LogP contribution in [-0.2, 0) is 4.79 Å². The summed E-state index contributed by atoms with van der Waals surface area (Å²) in [6.07, 6.45) is 81.8. The van der Waals surface area contributed by atoms with Gasteiger partial charge in [0, 0.05) is 0 Å². The average Bonchev–Trinajstić information content (AvgIpc) is 3.41. The Kier molecular flexibility index (Phi) is 60.2. The highest BCUT2D eigenvalue weighted by Gasteiger charge is 2.28. The number of hydrogen-bond acceptors (Lipinski definition) is 5. The Morgan fingerprint density at radius 3 is 0.932 bits per heavy atom. The quantitative estimate of drug-likeness (QED) is 0.0308. The fraction of sp³-hybridized carbons (Fsp3) is 0.838. The summed E-state index contributed by atoms with van der Waals surface area (Å²) < 4.78 is 0. The minimum Gasteiger partial charge on any atom is -0.394 e. The van der Waals surface area contributed by atoms with Gasteiger partial charge in [-0.3, -0.25) is 4.79 Å². The van der Waals surface area contributed by atoms with Crippen LogP contribution >= 0.6 is 0 Å². The van der Waals surface area contributed by atoms with Crippen LogP contribution in [0, 0.1) is 0 Å². The van der Waals surface area contributed by atoms with Gasteiger partial charge in [0.2, 0.25) is 5.91 Å². The Hall–Kier alpha value is -1.99. The third kappa shape index (κ3) is 54.8.